The number of aromatic amines is 1. The maximum absolute atomic E-state index is 14.6. The van der Waals surface area contributed by atoms with Crippen LogP contribution in [0.3, 0.4) is 0 Å². The summed E-state index contributed by atoms with van der Waals surface area (Å²) < 4.78 is 16.0. The number of halogens is 1. The van der Waals surface area contributed by atoms with E-state index in [4.69, 9.17) is 0 Å². The minimum absolute atomic E-state index is 0.0110. The van der Waals surface area contributed by atoms with Gasteiger partial charge in [-0.25, -0.2) is 14.1 Å². The first-order valence-corrected chi connectivity index (χ1v) is 10.0. The van der Waals surface area contributed by atoms with Crippen molar-refractivity contribution in [3.63, 3.8) is 0 Å². The fourth-order valence-corrected chi connectivity index (χ4v) is 4.19. The van der Waals surface area contributed by atoms with Crippen LogP contribution in [-0.2, 0) is 4.79 Å². The summed E-state index contributed by atoms with van der Waals surface area (Å²) in [6.45, 7) is 0.968. The van der Waals surface area contributed by atoms with Crippen LogP contribution in [-0.4, -0.2) is 54.6 Å². The number of fused-ring (bicyclic) bond motifs is 1. The molecule has 0 aliphatic carbocycles. The Hall–Kier alpha value is -3.88. The third kappa shape index (κ3) is 3.37. The summed E-state index contributed by atoms with van der Waals surface area (Å²) in [4.78, 5) is 34.6. The van der Waals surface area contributed by atoms with Crippen molar-refractivity contribution in [2.45, 2.75) is 18.8 Å². The molecule has 31 heavy (non-hydrogen) atoms. The number of carbonyl (C=O) groups excluding carboxylic acids is 2. The van der Waals surface area contributed by atoms with Crippen molar-refractivity contribution in [2.24, 2.45) is 0 Å². The third-order valence-corrected chi connectivity index (χ3v) is 5.70. The molecule has 1 aliphatic heterocycles. The Kier molecular flexibility index (Phi) is 4.78. The average Bonchev–Trinajstić information content (AvgIpc) is 3.50. The van der Waals surface area contributed by atoms with Gasteiger partial charge in [0.2, 0.25) is 0 Å². The van der Waals surface area contributed by atoms with Gasteiger partial charge in [0.15, 0.2) is 11.6 Å². The van der Waals surface area contributed by atoms with Gasteiger partial charge in [-0.15, -0.1) is 5.10 Å². The zero-order valence-corrected chi connectivity index (χ0v) is 16.5. The van der Waals surface area contributed by atoms with Crippen LogP contribution < -0.4 is 0 Å². The van der Waals surface area contributed by atoms with E-state index in [-0.39, 0.29) is 22.4 Å². The van der Waals surface area contributed by atoms with Gasteiger partial charge in [0.1, 0.15) is 0 Å². The molecule has 4 aromatic rings. The fraction of sp³-hybridized carbons (Fsp3) is 0.227. The number of rotatable bonds is 4. The monoisotopic (exact) mass is 418 g/mol. The molecule has 8 nitrogen and oxygen atoms in total. The molecule has 1 saturated heterocycles. The number of benzene rings is 1. The second-order valence-corrected chi connectivity index (χ2v) is 7.56. The summed E-state index contributed by atoms with van der Waals surface area (Å²) in [5, 5.41) is 7.62. The number of carbonyl (C=O) groups is 2. The molecule has 1 N–H and O–H groups in total. The van der Waals surface area contributed by atoms with Gasteiger partial charge in [-0.2, -0.15) is 0 Å². The first-order chi connectivity index (χ1) is 15.1. The zero-order chi connectivity index (χ0) is 21.4. The lowest BCUT2D eigenvalue weighted by Crippen LogP contribution is -2.42. The van der Waals surface area contributed by atoms with Gasteiger partial charge >= 0.3 is 0 Å². The number of aromatic nitrogens is 5. The van der Waals surface area contributed by atoms with Crippen LogP contribution in [0.15, 0.2) is 55.1 Å². The van der Waals surface area contributed by atoms with E-state index in [0.717, 1.165) is 24.6 Å². The van der Waals surface area contributed by atoms with Crippen molar-refractivity contribution in [2.75, 3.05) is 13.1 Å². The van der Waals surface area contributed by atoms with Crippen molar-refractivity contribution < 1.29 is 14.0 Å². The van der Waals surface area contributed by atoms with E-state index >= 15 is 0 Å². The lowest BCUT2D eigenvalue weighted by molar-refractivity contribution is -0.127. The molecule has 4 heterocycles. The van der Waals surface area contributed by atoms with E-state index in [9.17, 15) is 14.0 Å². The Balaban J connectivity index is 1.45. The largest absolute Gasteiger partial charge is 0.357 e. The highest BCUT2D eigenvalue weighted by atomic mass is 19.1. The smallest absolute Gasteiger partial charge is 0.295 e. The van der Waals surface area contributed by atoms with Crippen LogP contribution in [0.4, 0.5) is 4.39 Å². The molecule has 0 bridgehead atoms. The third-order valence-electron chi connectivity index (χ3n) is 5.70. The number of likely N-dealkylation sites (tertiary alicyclic amines) is 1. The Morgan fingerprint density at radius 1 is 1.19 bits per heavy atom. The van der Waals surface area contributed by atoms with Crippen molar-refractivity contribution in [3.05, 3.63) is 72.1 Å². The Bertz CT molecular complexity index is 1250. The van der Waals surface area contributed by atoms with E-state index in [2.05, 4.69) is 20.3 Å². The highest BCUT2D eigenvalue weighted by Crippen LogP contribution is 2.29. The zero-order valence-electron chi connectivity index (χ0n) is 16.5. The number of H-pyrrole nitrogens is 1. The van der Waals surface area contributed by atoms with Crippen LogP contribution in [0, 0.1) is 5.82 Å². The van der Waals surface area contributed by atoms with Gasteiger partial charge in [0.25, 0.3) is 11.7 Å². The molecular weight excluding hydrogens is 399 g/mol. The molecule has 1 amide bonds. The standard InChI is InChI=1S/C22H19FN6O2/c23-17-12-25-21(29-10-8-26-27-29)19-18(17)16(11-24-19)20(30)22(31)28-9-4-7-15(13-28)14-5-2-1-3-6-14/h1-3,5-6,8,10-12,15,24H,4,7,9,13H2. The highest BCUT2D eigenvalue weighted by Gasteiger charge is 2.31. The lowest BCUT2D eigenvalue weighted by Gasteiger charge is -2.32. The topological polar surface area (TPSA) is 96.8 Å². The minimum Gasteiger partial charge on any atom is -0.357 e. The maximum Gasteiger partial charge on any atom is 0.295 e. The number of Topliss-reactive ketones (excluding diaryl/α,β-unsaturated/α-hetero) is 1. The van der Waals surface area contributed by atoms with Crippen LogP contribution >= 0.6 is 0 Å². The molecular formula is C22H19FN6O2. The van der Waals surface area contributed by atoms with Gasteiger partial charge in [-0.05, 0) is 18.4 Å². The van der Waals surface area contributed by atoms with Gasteiger partial charge in [0, 0.05) is 25.2 Å². The molecule has 9 heteroatoms. The molecule has 1 aromatic carbocycles. The quantitative estimate of drug-likeness (QED) is 0.406. The van der Waals surface area contributed by atoms with Crippen molar-refractivity contribution in [1.29, 1.82) is 0 Å². The first kappa shape index (κ1) is 19.1. The van der Waals surface area contributed by atoms with Gasteiger partial charge < -0.3 is 9.88 Å². The molecule has 1 aliphatic rings. The maximum atomic E-state index is 14.6. The molecule has 0 radical (unpaired) electrons. The number of piperidine rings is 1. The molecule has 156 valence electrons. The Morgan fingerprint density at radius 2 is 2.03 bits per heavy atom. The van der Waals surface area contributed by atoms with Gasteiger partial charge in [-0.1, -0.05) is 35.5 Å². The molecule has 1 unspecified atom stereocenters. The van der Waals surface area contributed by atoms with E-state index < -0.39 is 17.5 Å². The number of hydrogen-bond donors (Lipinski definition) is 1. The number of hydrogen-bond acceptors (Lipinski definition) is 5. The van der Waals surface area contributed by atoms with Crippen LogP contribution in [0.25, 0.3) is 16.7 Å². The average molecular weight is 418 g/mol. The molecule has 0 saturated carbocycles. The predicted molar refractivity (Wildman–Crippen MR) is 110 cm³/mol. The summed E-state index contributed by atoms with van der Waals surface area (Å²) in [6.07, 6.45) is 7.16. The van der Waals surface area contributed by atoms with Crippen LogP contribution in [0.2, 0.25) is 0 Å². The number of pyridine rings is 1. The number of amides is 1. The second kappa shape index (κ2) is 7.75. The number of ketones is 1. The fourth-order valence-electron chi connectivity index (χ4n) is 4.19. The predicted octanol–water partition coefficient (Wildman–Crippen LogP) is 2.87. The van der Waals surface area contributed by atoms with E-state index in [1.807, 2.05) is 30.3 Å². The number of nitrogens with zero attached hydrogens (tertiary/aromatic N) is 5. The molecule has 3 aromatic heterocycles. The van der Waals surface area contributed by atoms with Crippen molar-refractivity contribution in [1.82, 2.24) is 29.9 Å². The Labute approximate surface area is 176 Å². The summed E-state index contributed by atoms with van der Waals surface area (Å²) in [5.41, 5.74) is 1.42. The lowest BCUT2D eigenvalue weighted by atomic mass is 9.90. The summed E-state index contributed by atoms with van der Waals surface area (Å²) >= 11 is 0. The normalized spacial score (nSPS) is 16.5. The van der Waals surface area contributed by atoms with E-state index in [1.54, 1.807) is 11.1 Å². The van der Waals surface area contributed by atoms with Crippen LogP contribution in [0.5, 0.6) is 0 Å². The summed E-state index contributed by atoms with van der Waals surface area (Å²) in [6, 6.07) is 9.96. The SMILES string of the molecule is O=C(C(=O)N1CCCC(c2ccccc2)C1)c1c[nH]c2c(-n3ccnn3)ncc(F)c12. The van der Waals surface area contributed by atoms with Gasteiger partial charge in [0.05, 0.1) is 35.1 Å². The van der Waals surface area contributed by atoms with Crippen molar-refractivity contribution >= 4 is 22.6 Å². The van der Waals surface area contributed by atoms with E-state index in [0.29, 0.717) is 18.9 Å². The minimum atomic E-state index is -0.741. The highest BCUT2D eigenvalue weighted by molar-refractivity contribution is 6.45. The summed E-state index contributed by atoms with van der Waals surface area (Å²) in [5.74, 6) is -1.58. The molecule has 5 rings (SSSR count). The van der Waals surface area contributed by atoms with Crippen LogP contribution in [0.1, 0.15) is 34.7 Å². The number of nitrogens with one attached hydrogen (secondary N) is 1. The van der Waals surface area contributed by atoms with Crippen molar-refractivity contribution in [3.8, 4) is 5.82 Å². The first-order valence-electron chi connectivity index (χ1n) is 10.0. The van der Waals surface area contributed by atoms with E-state index in [1.165, 1.54) is 17.1 Å². The molecule has 1 fully saturated rings. The van der Waals surface area contributed by atoms with Gasteiger partial charge in [-0.3, -0.25) is 9.59 Å². The summed E-state index contributed by atoms with van der Waals surface area (Å²) in [7, 11) is 0. The second-order valence-electron chi connectivity index (χ2n) is 7.56. The molecule has 0 spiro atoms. The Morgan fingerprint density at radius 3 is 2.81 bits per heavy atom. The molecule has 1 atom stereocenters.